The zero-order valence-electron chi connectivity index (χ0n) is 11.3. The van der Waals surface area contributed by atoms with Gasteiger partial charge < -0.3 is 10.4 Å². The number of nitrogens with zero attached hydrogens (tertiary/aromatic N) is 1. The summed E-state index contributed by atoms with van der Waals surface area (Å²) in [5, 5.41) is 12.2. The van der Waals surface area contributed by atoms with Crippen LogP contribution in [-0.4, -0.2) is 29.7 Å². The van der Waals surface area contributed by atoms with Crippen molar-refractivity contribution in [3.63, 3.8) is 0 Å². The maximum Gasteiger partial charge on any atom is 0.0431 e. The molecule has 0 amide bonds. The van der Waals surface area contributed by atoms with Crippen molar-refractivity contribution in [2.45, 2.75) is 39.4 Å². The van der Waals surface area contributed by atoms with Gasteiger partial charge in [0.15, 0.2) is 0 Å². The van der Waals surface area contributed by atoms with E-state index in [0.29, 0.717) is 6.61 Å². The Labute approximate surface area is 110 Å². The SMILES string of the molecule is CCNCc1ccc2c(c1)CN(CCCCO)C2. The van der Waals surface area contributed by atoms with E-state index in [4.69, 9.17) is 5.11 Å². The zero-order chi connectivity index (χ0) is 12.8. The van der Waals surface area contributed by atoms with Gasteiger partial charge in [-0.25, -0.2) is 0 Å². The highest BCUT2D eigenvalue weighted by Gasteiger charge is 2.18. The Kier molecular flexibility index (Phi) is 5.17. The molecule has 1 aromatic carbocycles. The maximum atomic E-state index is 8.81. The number of aliphatic hydroxyl groups is 1. The third-order valence-electron chi connectivity index (χ3n) is 3.52. The Balaban J connectivity index is 1.89. The molecular weight excluding hydrogens is 224 g/mol. The first kappa shape index (κ1) is 13.5. The molecule has 1 aromatic rings. The first-order valence-corrected chi connectivity index (χ1v) is 6.98. The number of hydrogen-bond donors (Lipinski definition) is 2. The number of aliphatic hydroxyl groups excluding tert-OH is 1. The summed E-state index contributed by atoms with van der Waals surface area (Å²) in [6.07, 6.45) is 2.01. The molecule has 0 saturated carbocycles. The van der Waals surface area contributed by atoms with E-state index in [1.54, 1.807) is 0 Å². The van der Waals surface area contributed by atoms with Gasteiger partial charge in [-0.2, -0.15) is 0 Å². The summed E-state index contributed by atoms with van der Waals surface area (Å²) in [4.78, 5) is 2.47. The van der Waals surface area contributed by atoms with Crippen LogP contribution < -0.4 is 5.32 Å². The van der Waals surface area contributed by atoms with Crippen LogP contribution >= 0.6 is 0 Å². The van der Waals surface area contributed by atoms with E-state index in [9.17, 15) is 0 Å². The van der Waals surface area contributed by atoms with Gasteiger partial charge in [0.25, 0.3) is 0 Å². The monoisotopic (exact) mass is 248 g/mol. The molecule has 0 atom stereocenters. The van der Waals surface area contributed by atoms with E-state index >= 15 is 0 Å². The molecule has 0 fully saturated rings. The molecule has 0 unspecified atom stereocenters. The molecule has 0 saturated heterocycles. The molecule has 3 nitrogen and oxygen atoms in total. The van der Waals surface area contributed by atoms with Crippen LogP contribution in [0.25, 0.3) is 0 Å². The van der Waals surface area contributed by atoms with Crippen LogP contribution in [0.4, 0.5) is 0 Å². The van der Waals surface area contributed by atoms with Gasteiger partial charge in [-0.1, -0.05) is 25.1 Å². The smallest absolute Gasteiger partial charge is 0.0431 e. The minimum absolute atomic E-state index is 0.313. The van der Waals surface area contributed by atoms with Crippen LogP contribution in [-0.2, 0) is 19.6 Å². The van der Waals surface area contributed by atoms with Gasteiger partial charge in [0.2, 0.25) is 0 Å². The number of fused-ring (bicyclic) bond motifs is 1. The number of hydrogen-bond acceptors (Lipinski definition) is 3. The molecule has 2 N–H and O–H groups in total. The lowest BCUT2D eigenvalue weighted by atomic mass is 10.1. The van der Waals surface area contributed by atoms with Gasteiger partial charge in [0, 0.05) is 26.2 Å². The van der Waals surface area contributed by atoms with Crippen molar-refractivity contribution in [2.24, 2.45) is 0 Å². The van der Waals surface area contributed by atoms with E-state index in [1.807, 2.05) is 0 Å². The minimum atomic E-state index is 0.313. The third-order valence-corrected chi connectivity index (χ3v) is 3.52. The van der Waals surface area contributed by atoms with Crippen molar-refractivity contribution in [1.29, 1.82) is 0 Å². The molecule has 18 heavy (non-hydrogen) atoms. The summed E-state index contributed by atoms with van der Waals surface area (Å²) < 4.78 is 0. The van der Waals surface area contributed by atoms with E-state index in [2.05, 4.69) is 35.3 Å². The molecule has 0 aromatic heterocycles. The summed E-state index contributed by atoms with van der Waals surface area (Å²) in [6, 6.07) is 6.84. The Morgan fingerprint density at radius 3 is 2.83 bits per heavy atom. The van der Waals surface area contributed by atoms with Gasteiger partial charge in [-0.05, 0) is 42.6 Å². The number of benzene rings is 1. The normalized spacial score (nSPS) is 15.0. The fourth-order valence-corrected chi connectivity index (χ4v) is 2.50. The van der Waals surface area contributed by atoms with Gasteiger partial charge in [0.1, 0.15) is 0 Å². The highest BCUT2D eigenvalue weighted by Crippen LogP contribution is 2.24. The highest BCUT2D eigenvalue weighted by atomic mass is 16.2. The summed E-state index contributed by atoms with van der Waals surface area (Å²) in [6.45, 7) is 7.67. The van der Waals surface area contributed by atoms with Crippen LogP contribution in [0.1, 0.15) is 36.5 Å². The van der Waals surface area contributed by atoms with Crippen molar-refractivity contribution < 1.29 is 5.11 Å². The molecule has 3 heteroatoms. The molecule has 1 aliphatic rings. The summed E-state index contributed by atoms with van der Waals surface area (Å²) in [5.41, 5.74) is 4.33. The summed E-state index contributed by atoms with van der Waals surface area (Å²) in [5.74, 6) is 0. The van der Waals surface area contributed by atoms with Crippen LogP contribution in [0, 0.1) is 0 Å². The molecule has 0 bridgehead atoms. The Morgan fingerprint density at radius 1 is 1.22 bits per heavy atom. The number of unbranched alkanes of at least 4 members (excludes halogenated alkanes) is 1. The first-order valence-electron chi connectivity index (χ1n) is 6.98. The lowest BCUT2D eigenvalue weighted by molar-refractivity contribution is 0.245. The van der Waals surface area contributed by atoms with Gasteiger partial charge in [-0.15, -0.1) is 0 Å². The molecular formula is C15H24N2O. The van der Waals surface area contributed by atoms with Crippen molar-refractivity contribution in [3.8, 4) is 0 Å². The average Bonchev–Trinajstić information content (AvgIpc) is 2.78. The second kappa shape index (κ2) is 6.88. The first-order chi connectivity index (χ1) is 8.83. The lowest BCUT2D eigenvalue weighted by Gasteiger charge is -2.13. The zero-order valence-corrected chi connectivity index (χ0v) is 11.3. The quantitative estimate of drug-likeness (QED) is 0.723. The van der Waals surface area contributed by atoms with Crippen LogP contribution in [0.2, 0.25) is 0 Å². The van der Waals surface area contributed by atoms with E-state index in [-0.39, 0.29) is 0 Å². The molecule has 0 aliphatic carbocycles. The Morgan fingerprint density at radius 2 is 2.06 bits per heavy atom. The molecule has 1 aliphatic heterocycles. The fraction of sp³-hybridized carbons (Fsp3) is 0.600. The van der Waals surface area contributed by atoms with Gasteiger partial charge in [0.05, 0.1) is 0 Å². The van der Waals surface area contributed by atoms with Gasteiger partial charge >= 0.3 is 0 Å². The molecule has 1 heterocycles. The summed E-state index contributed by atoms with van der Waals surface area (Å²) in [7, 11) is 0. The minimum Gasteiger partial charge on any atom is -0.396 e. The van der Waals surface area contributed by atoms with E-state index in [0.717, 1.165) is 45.6 Å². The molecule has 2 rings (SSSR count). The second-order valence-corrected chi connectivity index (χ2v) is 5.02. The fourth-order valence-electron chi connectivity index (χ4n) is 2.50. The lowest BCUT2D eigenvalue weighted by Crippen LogP contribution is -2.17. The molecule has 100 valence electrons. The van der Waals surface area contributed by atoms with Crippen molar-refractivity contribution >= 4 is 0 Å². The Hall–Kier alpha value is -0.900. The van der Waals surface area contributed by atoms with Crippen molar-refractivity contribution in [2.75, 3.05) is 19.7 Å². The topological polar surface area (TPSA) is 35.5 Å². The predicted molar refractivity (Wildman–Crippen MR) is 74.3 cm³/mol. The van der Waals surface area contributed by atoms with Gasteiger partial charge in [-0.3, -0.25) is 4.90 Å². The maximum absolute atomic E-state index is 8.81. The van der Waals surface area contributed by atoms with Crippen LogP contribution in [0.3, 0.4) is 0 Å². The van der Waals surface area contributed by atoms with Crippen LogP contribution in [0.15, 0.2) is 18.2 Å². The molecule has 0 radical (unpaired) electrons. The van der Waals surface area contributed by atoms with Crippen molar-refractivity contribution in [3.05, 3.63) is 34.9 Å². The second-order valence-electron chi connectivity index (χ2n) is 5.02. The number of rotatable bonds is 7. The van der Waals surface area contributed by atoms with E-state index in [1.165, 1.54) is 16.7 Å². The van der Waals surface area contributed by atoms with E-state index < -0.39 is 0 Å². The highest BCUT2D eigenvalue weighted by molar-refractivity contribution is 5.34. The molecule has 0 spiro atoms. The largest absolute Gasteiger partial charge is 0.396 e. The van der Waals surface area contributed by atoms with Crippen molar-refractivity contribution in [1.82, 2.24) is 10.2 Å². The Bertz CT molecular complexity index is 379. The van der Waals surface area contributed by atoms with Crippen LogP contribution in [0.5, 0.6) is 0 Å². The number of nitrogens with one attached hydrogen (secondary N) is 1. The summed E-state index contributed by atoms with van der Waals surface area (Å²) >= 11 is 0. The standard InChI is InChI=1S/C15H24N2O/c1-2-16-10-13-5-6-14-11-17(7-3-4-8-18)12-15(14)9-13/h5-6,9,16,18H,2-4,7-8,10-12H2,1H3. The average molecular weight is 248 g/mol. The third kappa shape index (κ3) is 3.55. The predicted octanol–water partition coefficient (Wildman–Crippen LogP) is 1.88.